The molecule has 0 aliphatic carbocycles. The molecule has 0 atom stereocenters. The molecule has 0 saturated carbocycles. The first-order valence-electron chi connectivity index (χ1n) is 3.99. The number of nitrogens with one attached hydrogen (secondary N) is 1. The fraction of sp³-hybridized carbons (Fsp3) is 1.00. The summed E-state index contributed by atoms with van der Waals surface area (Å²) < 4.78 is 46.5. The Kier molecular flexibility index (Phi) is 4.99. The van der Waals surface area contributed by atoms with Gasteiger partial charge in [0.25, 0.3) is 0 Å². The molecular weight excluding hydrogens is 228 g/mol. The fourth-order valence-electron chi connectivity index (χ4n) is 0.725. The van der Waals surface area contributed by atoms with E-state index in [1.807, 2.05) is 0 Å². The molecule has 0 spiro atoms. The normalized spacial score (nSPS) is 13.4. The van der Waals surface area contributed by atoms with E-state index in [2.05, 4.69) is 4.72 Å². The minimum absolute atomic E-state index is 0.249. The Morgan fingerprint density at radius 1 is 1.14 bits per heavy atom. The summed E-state index contributed by atoms with van der Waals surface area (Å²) in [5.74, 6) is 0. The zero-order chi connectivity index (χ0) is 11.4. The van der Waals surface area contributed by atoms with Crippen molar-refractivity contribution >= 4 is 20.0 Å². The molecule has 0 aromatic rings. The number of rotatable bonds is 6. The van der Waals surface area contributed by atoms with Gasteiger partial charge in [-0.05, 0) is 6.42 Å². The van der Waals surface area contributed by atoms with Crippen molar-refractivity contribution in [3.63, 3.8) is 0 Å². The molecule has 0 rings (SSSR count). The van der Waals surface area contributed by atoms with Crippen molar-refractivity contribution in [1.29, 1.82) is 0 Å². The van der Waals surface area contributed by atoms with E-state index < -0.39 is 20.0 Å². The standard InChI is InChI=1S/C6H16N2O4S2/c1-8(14(3,11)12)6-4-5-7-13(2,9)10/h7H,4-6H2,1-3H3. The van der Waals surface area contributed by atoms with E-state index in [-0.39, 0.29) is 6.54 Å². The SMILES string of the molecule is CN(CCCNS(C)(=O)=O)S(C)(=O)=O. The van der Waals surface area contributed by atoms with Crippen molar-refractivity contribution in [2.45, 2.75) is 6.42 Å². The van der Waals surface area contributed by atoms with E-state index in [0.717, 1.165) is 12.5 Å². The van der Waals surface area contributed by atoms with Crippen LogP contribution in [0.5, 0.6) is 0 Å². The Labute approximate surface area is 85.4 Å². The van der Waals surface area contributed by atoms with Crippen LogP contribution in [0.1, 0.15) is 6.42 Å². The molecule has 0 aromatic heterocycles. The average molecular weight is 244 g/mol. The quantitative estimate of drug-likeness (QED) is 0.596. The smallest absolute Gasteiger partial charge is 0.210 e. The van der Waals surface area contributed by atoms with Crippen LogP contribution in [0.15, 0.2) is 0 Å². The molecule has 1 N–H and O–H groups in total. The molecule has 0 heterocycles. The topological polar surface area (TPSA) is 83.6 Å². The predicted molar refractivity (Wildman–Crippen MR) is 54.9 cm³/mol. The Bertz CT molecular complexity index is 359. The molecule has 0 radical (unpaired) electrons. The lowest BCUT2D eigenvalue weighted by atomic mass is 10.4. The highest BCUT2D eigenvalue weighted by atomic mass is 32.2. The molecule has 8 heteroatoms. The van der Waals surface area contributed by atoms with Crippen LogP contribution in [0.2, 0.25) is 0 Å². The predicted octanol–water partition coefficient (Wildman–Crippen LogP) is -1.18. The van der Waals surface area contributed by atoms with Crippen molar-refractivity contribution in [2.75, 3.05) is 32.6 Å². The van der Waals surface area contributed by atoms with Crippen molar-refractivity contribution in [1.82, 2.24) is 9.03 Å². The third kappa shape index (κ3) is 7.25. The van der Waals surface area contributed by atoms with Gasteiger partial charge in [0.1, 0.15) is 0 Å². The van der Waals surface area contributed by atoms with E-state index in [1.54, 1.807) is 0 Å². The molecule has 86 valence electrons. The molecule has 0 aromatic carbocycles. The summed E-state index contributed by atoms with van der Waals surface area (Å²) >= 11 is 0. The maximum absolute atomic E-state index is 10.9. The van der Waals surface area contributed by atoms with Gasteiger partial charge in [0.15, 0.2) is 0 Å². The molecule has 0 unspecified atom stereocenters. The van der Waals surface area contributed by atoms with Gasteiger partial charge in [-0.2, -0.15) is 0 Å². The van der Waals surface area contributed by atoms with Gasteiger partial charge in [0, 0.05) is 20.1 Å². The molecule has 0 aliphatic heterocycles. The summed E-state index contributed by atoms with van der Waals surface area (Å²) in [5, 5.41) is 0. The van der Waals surface area contributed by atoms with Gasteiger partial charge in [0.2, 0.25) is 20.0 Å². The first kappa shape index (κ1) is 13.8. The minimum atomic E-state index is -3.18. The molecule has 0 amide bonds. The van der Waals surface area contributed by atoms with Crippen LogP contribution in [0.3, 0.4) is 0 Å². The molecule has 14 heavy (non-hydrogen) atoms. The molecule has 0 bridgehead atoms. The highest BCUT2D eigenvalue weighted by Gasteiger charge is 2.09. The zero-order valence-electron chi connectivity index (χ0n) is 8.52. The second-order valence-electron chi connectivity index (χ2n) is 3.10. The molecule has 0 fully saturated rings. The van der Waals surface area contributed by atoms with Crippen LogP contribution < -0.4 is 4.72 Å². The second kappa shape index (κ2) is 5.06. The van der Waals surface area contributed by atoms with Crippen LogP contribution >= 0.6 is 0 Å². The highest BCUT2D eigenvalue weighted by Crippen LogP contribution is 1.94. The van der Waals surface area contributed by atoms with E-state index in [9.17, 15) is 16.8 Å². The summed E-state index contributed by atoms with van der Waals surface area (Å²) in [4.78, 5) is 0. The fourth-order valence-corrected chi connectivity index (χ4v) is 1.70. The number of sulfonamides is 2. The van der Waals surface area contributed by atoms with Crippen molar-refractivity contribution < 1.29 is 16.8 Å². The summed E-state index contributed by atoms with van der Waals surface area (Å²) in [6.45, 7) is 0.556. The maximum Gasteiger partial charge on any atom is 0.210 e. The third-order valence-corrected chi connectivity index (χ3v) is 3.62. The molecule has 0 saturated heterocycles. The maximum atomic E-state index is 10.9. The van der Waals surface area contributed by atoms with E-state index >= 15 is 0 Å². The summed E-state index contributed by atoms with van der Waals surface area (Å²) in [5.41, 5.74) is 0. The molecular formula is C6H16N2O4S2. The third-order valence-electron chi connectivity index (χ3n) is 1.58. The van der Waals surface area contributed by atoms with Gasteiger partial charge in [-0.25, -0.2) is 25.9 Å². The minimum Gasteiger partial charge on any atom is -0.215 e. The number of hydrogen-bond donors (Lipinski definition) is 1. The lowest BCUT2D eigenvalue weighted by Gasteiger charge is -2.13. The number of nitrogens with zero attached hydrogens (tertiary/aromatic N) is 1. The lowest BCUT2D eigenvalue weighted by molar-refractivity contribution is 0.465. The zero-order valence-corrected chi connectivity index (χ0v) is 10.2. The van der Waals surface area contributed by atoms with Crippen LogP contribution in [-0.2, 0) is 20.0 Å². The Hall–Kier alpha value is -0.180. The van der Waals surface area contributed by atoms with Gasteiger partial charge in [-0.15, -0.1) is 0 Å². The average Bonchev–Trinajstić information content (AvgIpc) is 1.93. The van der Waals surface area contributed by atoms with Crippen molar-refractivity contribution in [3.05, 3.63) is 0 Å². The van der Waals surface area contributed by atoms with Gasteiger partial charge in [-0.1, -0.05) is 0 Å². The Balaban J connectivity index is 3.78. The summed E-state index contributed by atoms with van der Waals surface area (Å²) in [7, 11) is -4.88. The molecule has 0 aliphatic rings. The molecule has 6 nitrogen and oxygen atoms in total. The summed E-state index contributed by atoms with van der Waals surface area (Å²) in [6.07, 6.45) is 2.63. The Morgan fingerprint density at radius 2 is 1.64 bits per heavy atom. The second-order valence-corrected chi connectivity index (χ2v) is 7.03. The van der Waals surface area contributed by atoms with Crippen LogP contribution in [0.4, 0.5) is 0 Å². The van der Waals surface area contributed by atoms with Crippen molar-refractivity contribution in [2.24, 2.45) is 0 Å². The van der Waals surface area contributed by atoms with E-state index in [1.165, 1.54) is 11.4 Å². The van der Waals surface area contributed by atoms with Gasteiger partial charge >= 0.3 is 0 Å². The highest BCUT2D eigenvalue weighted by molar-refractivity contribution is 7.88. The van der Waals surface area contributed by atoms with Gasteiger partial charge < -0.3 is 0 Å². The van der Waals surface area contributed by atoms with E-state index in [0.29, 0.717) is 13.0 Å². The first-order valence-corrected chi connectivity index (χ1v) is 7.73. The van der Waals surface area contributed by atoms with Crippen molar-refractivity contribution in [3.8, 4) is 0 Å². The monoisotopic (exact) mass is 244 g/mol. The summed E-state index contributed by atoms with van der Waals surface area (Å²) in [6, 6.07) is 0. The van der Waals surface area contributed by atoms with Crippen LogP contribution in [-0.4, -0.2) is 53.8 Å². The Morgan fingerprint density at radius 3 is 2.00 bits per heavy atom. The first-order chi connectivity index (χ1) is 6.13. The lowest BCUT2D eigenvalue weighted by Crippen LogP contribution is -2.30. The van der Waals surface area contributed by atoms with Crippen LogP contribution in [0.25, 0.3) is 0 Å². The largest absolute Gasteiger partial charge is 0.215 e. The van der Waals surface area contributed by atoms with Gasteiger partial charge in [0.05, 0.1) is 12.5 Å². The van der Waals surface area contributed by atoms with E-state index in [4.69, 9.17) is 0 Å². The number of hydrogen-bond acceptors (Lipinski definition) is 4. The van der Waals surface area contributed by atoms with Crippen LogP contribution in [0, 0.1) is 0 Å². The van der Waals surface area contributed by atoms with Gasteiger partial charge in [-0.3, -0.25) is 0 Å².